The summed E-state index contributed by atoms with van der Waals surface area (Å²) in [5, 5.41) is 0. The average molecular weight is 233 g/mol. The molecular weight excluding hydrogens is 215 g/mol. The third kappa shape index (κ3) is 2.80. The van der Waals surface area contributed by atoms with E-state index in [0.717, 1.165) is 9.55 Å². The zero-order valence-corrected chi connectivity index (χ0v) is 9.63. The number of nitrogens with two attached hydrogens (primary N) is 1. The average Bonchev–Trinajstić information content (AvgIpc) is 2.31. The van der Waals surface area contributed by atoms with Crippen LogP contribution in [-0.4, -0.2) is 25.7 Å². The molecule has 1 rings (SSSR count). The Morgan fingerprint density at radius 2 is 2.25 bits per heavy atom. The molecule has 0 aliphatic carbocycles. The predicted octanol–water partition coefficient (Wildman–Crippen LogP) is 1.78. The third-order valence-electron chi connectivity index (χ3n) is 2.25. The van der Waals surface area contributed by atoms with Crippen molar-refractivity contribution >= 4 is 19.7 Å². The van der Waals surface area contributed by atoms with Crippen LogP contribution in [0.5, 0.6) is 0 Å². The minimum atomic E-state index is 0.483. The monoisotopic (exact) mass is 234 g/mol. The van der Waals surface area contributed by atoms with Gasteiger partial charge in [0.25, 0.3) is 0 Å². The van der Waals surface area contributed by atoms with Gasteiger partial charge < -0.3 is 0 Å². The molecule has 2 atom stereocenters. The maximum absolute atomic E-state index is 5.70. The van der Waals surface area contributed by atoms with Crippen LogP contribution in [-0.2, 0) is 0 Å². The van der Waals surface area contributed by atoms with Gasteiger partial charge in [-0.05, 0) is 0 Å². The molecule has 0 fully saturated rings. The molecule has 0 aromatic carbocycles. The van der Waals surface area contributed by atoms with Gasteiger partial charge in [0.15, 0.2) is 0 Å². The summed E-state index contributed by atoms with van der Waals surface area (Å²) in [6.07, 6.45) is 5.20. The Labute approximate surface area is 81.2 Å². The first-order chi connectivity index (χ1) is 5.74. The summed E-state index contributed by atoms with van der Waals surface area (Å²) < 4.78 is 0.927. The van der Waals surface area contributed by atoms with Crippen molar-refractivity contribution in [2.75, 3.05) is 0 Å². The Morgan fingerprint density at radius 1 is 1.50 bits per heavy atom. The number of nitrogens with zero attached hydrogens (tertiary/aromatic N) is 1. The van der Waals surface area contributed by atoms with Gasteiger partial charge >= 0.3 is 80.8 Å². The summed E-state index contributed by atoms with van der Waals surface area (Å²) in [5.74, 6) is 0. The van der Waals surface area contributed by atoms with Gasteiger partial charge in [-0.3, -0.25) is 0 Å². The van der Waals surface area contributed by atoms with Gasteiger partial charge in [-0.25, -0.2) is 0 Å². The summed E-state index contributed by atoms with van der Waals surface area (Å²) >= 11 is 0.483. The number of hydrogen-bond acceptors (Lipinski definition) is 2. The van der Waals surface area contributed by atoms with Gasteiger partial charge in [0.2, 0.25) is 0 Å². The molecule has 3 heteroatoms. The van der Waals surface area contributed by atoms with E-state index >= 15 is 0 Å². The predicted molar refractivity (Wildman–Crippen MR) is 54.7 cm³/mol. The number of amidine groups is 1. The molecule has 2 N–H and O–H groups in total. The number of hydrogen-bond donors (Lipinski definition) is 1. The van der Waals surface area contributed by atoms with Crippen molar-refractivity contribution in [1.29, 1.82) is 0 Å². The Bertz CT molecular complexity index is 168. The first-order valence-corrected chi connectivity index (χ1v) is 6.58. The van der Waals surface area contributed by atoms with Crippen molar-refractivity contribution in [2.24, 2.45) is 10.7 Å². The molecule has 1 aliphatic rings. The molecule has 1 heterocycles. The van der Waals surface area contributed by atoms with Crippen molar-refractivity contribution < 1.29 is 0 Å². The summed E-state index contributed by atoms with van der Waals surface area (Å²) in [6.45, 7) is 4.51. The van der Waals surface area contributed by atoms with Crippen LogP contribution in [0.2, 0.25) is 4.82 Å². The normalized spacial score (nSPS) is 29.0. The Balaban J connectivity index is 2.23. The quantitative estimate of drug-likeness (QED) is 0.583. The fourth-order valence-corrected chi connectivity index (χ4v) is 3.42. The Hall–Kier alpha value is -0.0105. The van der Waals surface area contributed by atoms with Gasteiger partial charge in [0.05, 0.1) is 0 Å². The van der Waals surface area contributed by atoms with E-state index in [1.54, 1.807) is 0 Å². The van der Waals surface area contributed by atoms with Crippen LogP contribution in [0.15, 0.2) is 4.99 Å². The number of rotatable bonds is 4. The SMILES string of the molecule is CCCCC[C@H]1N=C(N)[Se][C@H]1C. The van der Waals surface area contributed by atoms with E-state index < -0.39 is 0 Å². The van der Waals surface area contributed by atoms with Crippen LogP contribution in [0.25, 0.3) is 0 Å². The zero-order chi connectivity index (χ0) is 8.97. The number of aliphatic imine (C=N–C) groups is 1. The minimum absolute atomic E-state index is 0.483. The molecule has 0 aromatic heterocycles. The summed E-state index contributed by atoms with van der Waals surface area (Å²) in [7, 11) is 0. The summed E-state index contributed by atoms with van der Waals surface area (Å²) in [6, 6.07) is 0.552. The second kappa shape index (κ2) is 4.88. The Kier molecular flexibility index (Phi) is 4.10. The van der Waals surface area contributed by atoms with Crippen molar-refractivity contribution in [3.8, 4) is 0 Å². The molecule has 70 valence electrons. The molecule has 2 nitrogen and oxygen atoms in total. The molecule has 12 heavy (non-hydrogen) atoms. The Morgan fingerprint density at radius 3 is 2.75 bits per heavy atom. The van der Waals surface area contributed by atoms with Crippen LogP contribution in [0, 0.1) is 0 Å². The standard InChI is InChI=1S/C9H18N2Se/c1-3-4-5-6-8-7(2)12-9(10)11-8/h7-8H,3-6H2,1-2H3,(H2,10,11)/t7-,8+/m0/s1. The molecule has 0 radical (unpaired) electrons. The molecule has 1 aliphatic heterocycles. The molecule has 0 amide bonds. The molecular formula is C9H18N2Se. The number of unbranched alkanes of at least 4 members (excludes halogenated alkanes) is 2. The van der Waals surface area contributed by atoms with Crippen molar-refractivity contribution in [3.05, 3.63) is 0 Å². The van der Waals surface area contributed by atoms with E-state index in [1.165, 1.54) is 25.7 Å². The second-order valence-corrected chi connectivity index (χ2v) is 6.29. The van der Waals surface area contributed by atoms with E-state index in [0.29, 0.717) is 21.0 Å². The topological polar surface area (TPSA) is 38.4 Å². The van der Waals surface area contributed by atoms with Crippen molar-refractivity contribution in [2.45, 2.75) is 50.4 Å². The molecule has 0 unspecified atom stereocenters. The van der Waals surface area contributed by atoms with E-state index in [-0.39, 0.29) is 0 Å². The van der Waals surface area contributed by atoms with Gasteiger partial charge in [0, 0.05) is 0 Å². The van der Waals surface area contributed by atoms with Crippen LogP contribution < -0.4 is 5.73 Å². The van der Waals surface area contributed by atoms with Gasteiger partial charge in [-0.15, -0.1) is 0 Å². The first-order valence-electron chi connectivity index (χ1n) is 4.74. The van der Waals surface area contributed by atoms with Crippen molar-refractivity contribution in [1.82, 2.24) is 0 Å². The maximum atomic E-state index is 5.70. The van der Waals surface area contributed by atoms with E-state index in [1.807, 2.05) is 0 Å². The van der Waals surface area contributed by atoms with E-state index in [4.69, 9.17) is 5.73 Å². The third-order valence-corrected chi connectivity index (χ3v) is 4.41. The molecule has 0 bridgehead atoms. The van der Waals surface area contributed by atoms with Crippen LogP contribution >= 0.6 is 0 Å². The van der Waals surface area contributed by atoms with Crippen LogP contribution in [0.3, 0.4) is 0 Å². The summed E-state index contributed by atoms with van der Waals surface area (Å²) in [5.41, 5.74) is 5.70. The van der Waals surface area contributed by atoms with E-state index in [2.05, 4.69) is 18.8 Å². The van der Waals surface area contributed by atoms with Crippen LogP contribution in [0.4, 0.5) is 0 Å². The molecule has 0 aromatic rings. The zero-order valence-electron chi connectivity index (χ0n) is 7.92. The first kappa shape index (κ1) is 10.1. The van der Waals surface area contributed by atoms with Gasteiger partial charge in [0.1, 0.15) is 0 Å². The van der Waals surface area contributed by atoms with Crippen molar-refractivity contribution in [3.63, 3.8) is 0 Å². The molecule has 0 saturated heterocycles. The van der Waals surface area contributed by atoms with Gasteiger partial charge in [-0.1, -0.05) is 0 Å². The van der Waals surface area contributed by atoms with E-state index in [9.17, 15) is 0 Å². The molecule has 0 spiro atoms. The molecule has 0 saturated carbocycles. The second-order valence-electron chi connectivity index (χ2n) is 3.35. The fraction of sp³-hybridized carbons (Fsp3) is 0.889. The van der Waals surface area contributed by atoms with Crippen LogP contribution in [0.1, 0.15) is 39.5 Å². The van der Waals surface area contributed by atoms with Gasteiger partial charge in [-0.2, -0.15) is 0 Å². The fourth-order valence-electron chi connectivity index (χ4n) is 1.47. The summed E-state index contributed by atoms with van der Waals surface area (Å²) in [4.78, 5) is 5.21.